The number of benzene rings is 3. The molecule has 1 aliphatic heterocycles. The number of methoxy groups -OCH3 is 1. The van der Waals surface area contributed by atoms with E-state index in [1.54, 1.807) is 26.2 Å². The summed E-state index contributed by atoms with van der Waals surface area (Å²) in [6, 6.07) is 23.8. The highest BCUT2D eigenvalue weighted by Crippen LogP contribution is 2.24. The van der Waals surface area contributed by atoms with E-state index in [2.05, 4.69) is 29.0 Å². The van der Waals surface area contributed by atoms with Gasteiger partial charge in [-0.3, -0.25) is 4.79 Å². The molecule has 1 N–H and O–H groups in total. The largest absolute Gasteiger partial charge is 0.496 e. The molecule has 36 heavy (non-hydrogen) atoms. The number of nitrogens with zero attached hydrogens (tertiary/aromatic N) is 1. The molecule has 0 bridgehead atoms. The van der Waals surface area contributed by atoms with Crippen molar-refractivity contribution in [2.45, 2.75) is 43.5 Å². The zero-order valence-corrected chi connectivity index (χ0v) is 21.7. The van der Waals surface area contributed by atoms with Crippen LogP contribution in [0.3, 0.4) is 0 Å². The van der Waals surface area contributed by atoms with Crippen LogP contribution in [-0.4, -0.2) is 45.5 Å². The molecule has 0 aliphatic carbocycles. The Bertz CT molecular complexity index is 1250. The van der Waals surface area contributed by atoms with Crippen LogP contribution in [0.1, 0.15) is 29.5 Å². The van der Waals surface area contributed by atoms with E-state index in [1.165, 1.54) is 11.6 Å². The molecule has 0 spiro atoms. The van der Waals surface area contributed by atoms with E-state index in [9.17, 15) is 13.2 Å². The number of carbonyl (C=O) groups is 1. The number of hydrogen-bond donors (Lipinski definition) is 1. The summed E-state index contributed by atoms with van der Waals surface area (Å²) in [5.74, 6) is 0.957. The molecule has 0 radical (unpaired) electrons. The van der Waals surface area contributed by atoms with Gasteiger partial charge in [0, 0.05) is 13.1 Å². The van der Waals surface area contributed by atoms with Crippen LogP contribution in [0, 0.1) is 12.8 Å². The molecule has 1 aliphatic rings. The molecule has 3 aromatic carbocycles. The summed E-state index contributed by atoms with van der Waals surface area (Å²) in [6.45, 7) is 3.06. The molecule has 1 fully saturated rings. The zero-order valence-electron chi connectivity index (χ0n) is 20.9. The molecule has 190 valence electrons. The number of sulfonamides is 1. The maximum Gasteiger partial charge on any atom is 0.241 e. The minimum absolute atomic E-state index is 0.119. The van der Waals surface area contributed by atoms with Crippen LogP contribution in [0.4, 0.5) is 0 Å². The molecule has 1 atom stereocenters. The fourth-order valence-electron chi connectivity index (χ4n) is 4.83. The van der Waals surface area contributed by atoms with Gasteiger partial charge in [-0.1, -0.05) is 60.7 Å². The summed E-state index contributed by atoms with van der Waals surface area (Å²) in [4.78, 5) is 15.6. The van der Waals surface area contributed by atoms with Crippen molar-refractivity contribution in [1.29, 1.82) is 0 Å². The van der Waals surface area contributed by atoms with Gasteiger partial charge in [0.2, 0.25) is 15.9 Å². The summed E-state index contributed by atoms with van der Waals surface area (Å²) >= 11 is 0. The first-order valence-electron chi connectivity index (χ1n) is 12.4. The van der Waals surface area contributed by atoms with Gasteiger partial charge >= 0.3 is 0 Å². The molecule has 1 saturated heterocycles. The molecule has 4 rings (SSSR count). The Hall–Kier alpha value is -3.16. The molecule has 1 heterocycles. The quantitative estimate of drug-likeness (QED) is 0.468. The van der Waals surface area contributed by atoms with Crippen LogP contribution in [-0.2, 0) is 27.7 Å². The van der Waals surface area contributed by atoms with Gasteiger partial charge in [-0.25, -0.2) is 8.42 Å². The third-order valence-corrected chi connectivity index (χ3v) is 8.32. The van der Waals surface area contributed by atoms with Gasteiger partial charge in [-0.05, 0) is 73.4 Å². The second-order valence-corrected chi connectivity index (χ2v) is 11.2. The molecule has 3 aromatic rings. The predicted octanol–water partition coefficient (Wildman–Crippen LogP) is 4.37. The fraction of sp³-hybridized carbons (Fsp3) is 0.345. The van der Waals surface area contributed by atoms with Crippen molar-refractivity contribution in [2.75, 3.05) is 20.2 Å². The Kier molecular flexibility index (Phi) is 8.44. The molecule has 0 saturated carbocycles. The lowest BCUT2D eigenvalue weighted by atomic mass is 9.90. The maximum absolute atomic E-state index is 13.6. The first kappa shape index (κ1) is 25.9. The summed E-state index contributed by atoms with van der Waals surface area (Å²) in [6.07, 6.45) is 3.10. The average molecular weight is 507 g/mol. The fourth-order valence-corrected chi connectivity index (χ4v) is 6.10. The Labute approximate surface area is 214 Å². The Morgan fingerprint density at radius 3 is 2.17 bits per heavy atom. The van der Waals surface area contributed by atoms with Crippen LogP contribution in [0.25, 0.3) is 0 Å². The van der Waals surface area contributed by atoms with Crippen LogP contribution in [0.15, 0.2) is 83.8 Å². The van der Waals surface area contributed by atoms with Gasteiger partial charge in [0.05, 0.1) is 12.0 Å². The van der Waals surface area contributed by atoms with Gasteiger partial charge in [0.15, 0.2) is 0 Å². The van der Waals surface area contributed by atoms with Gasteiger partial charge in [-0.15, -0.1) is 0 Å². The van der Waals surface area contributed by atoms with E-state index in [4.69, 9.17) is 4.74 Å². The van der Waals surface area contributed by atoms with E-state index in [0.29, 0.717) is 30.3 Å². The Morgan fingerprint density at radius 1 is 0.972 bits per heavy atom. The van der Waals surface area contributed by atoms with Crippen LogP contribution < -0.4 is 9.46 Å². The number of carbonyl (C=O) groups excluding carboxylic acids is 1. The molecule has 6 nitrogen and oxygen atoms in total. The SMILES string of the molecule is COc1ccc(S(=O)(=O)N[C@@H](Cc2ccccc2)C(=O)N2CCC(Cc3ccccc3)CC2)cc1C. The number of amides is 1. The Balaban J connectivity index is 1.48. The lowest BCUT2D eigenvalue weighted by Crippen LogP contribution is -2.51. The molecular formula is C29H34N2O4S. The molecular weight excluding hydrogens is 472 g/mol. The lowest BCUT2D eigenvalue weighted by molar-refractivity contribution is -0.134. The van der Waals surface area contributed by atoms with Crippen molar-refractivity contribution < 1.29 is 17.9 Å². The summed E-state index contributed by atoms with van der Waals surface area (Å²) in [5, 5.41) is 0. The van der Waals surface area contributed by atoms with E-state index < -0.39 is 16.1 Å². The van der Waals surface area contributed by atoms with E-state index in [1.807, 2.05) is 41.3 Å². The number of likely N-dealkylation sites (tertiary alicyclic amines) is 1. The van der Waals surface area contributed by atoms with Crippen molar-refractivity contribution in [3.05, 3.63) is 95.6 Å². The third kappa shape index (κ3) is 6.53. The highest BCUT2D eigenvalue weighted by molar-refractivity contribution is 7.89. The lowest BCUT2D eigenvalue weighted by Gasteiger charge is -2.34. The van der Waals surface area contributed by atoms with Gasteiger partial charge in [0.25, 0.3) is 0 Å². The van der Waals surface area contributed by atoms with Crippen molar-refractivity contribution in [3.63, 3.8) is 0 Å². The molecule has 7 heteroatoms. The average Bonchev–Trinajstić information content (AvgIpc) is 2.89. The summed E-state index contributed by atoms with van der Waals surface area (Å²) in [7, 11) is -2.37. The molecule has 0 unspecified atom stereocenters. The van der Waals surface area contributed by atoms with Gasteiger partial charge in [-0.2, -0.15) is 4.72 Å². The predicted molar refractivity (Wildman–Crippen MR) is 141 cm³/mol. The van der Waals surface area contributed by atoms with Crippen molar-refractivity contribution in [2.24, 2.45) is 5.92 Å². The third-order valence-electron chi connectivity index (χ3n) is 6.85. The normalized spacial score (nSPS) is 15.4. The standard InChI is InChI=1S/C29H34N2O4S/c1-22-19-26(13-14-28(22)35-2)36(33,34)30-27(21-24-11-7-4-8-12-24)29(32)31-17-15-25(16-18-31)20-23-9-5-3-6-10-23/h3-14,19,25,27,30H,15-18,20-21H2,1-2H3/t27-/m0/s1. The van der Waals surface area contributed by atoms with Crippen LogP contribution >= 0.6 is 0 Å². The first-order valence-corrected chi connectivity index (χ1v) is 13.9. The number of ether oxygens (including phenoxy) is 1. The number of piperidine rings is 1. The second kappa shape index (κ2) is 11.7. The van der Waals surface area contributed by atoms with Crippen molar-refractivity contribution in [3.8, 4) is 5.75 Å². The number of aryl methyl sites for hydroxylation is 1. The number of rotatable bonds is 9. The van der Waals surface area contributed by atoms with E-state index in [0.717, 1.165) is 24.8 Å². The Morgan fingerprint density at radius 2 is 1.58 bits per heavy atom. The topological polar surface area (TPSA) is 75.7 Å². The number of nitrogens with one attached hydrogen (secondary N) is 1. The number of hydrogen-bond acceptors (Lipinski definition) is 4. The molecule has 1 amide bonds. The van der Waals surface area contributed by atoms with Crippen LogP contribution in [0.5, 0.6) is 5.75 Å². The van der Waals surface area contributed by atoms with Crippen molar-refractivity contribution >= 4 is 15.9 Å². The highest BCUT2D eigenvalue weighted by atomic mass is 32.2. The smallest absolute Gasteiger partial charge is 0.241 e. The highest BCUT2D eigenvalue weighted by Gasteiger charge is 2.32. The zero-order chi connectivity index (χ0) is 25.5. The molecule has 0 aromatic heterocycles. The summed E-state index contributed by atoms with van der Waals surface area (Å²) < 4.78 is 34.6. The van der Waals surface area contributed by atoms with E-state index >= 15 is 0 Å². The first-order chi connectivity index (χ1) is 17.4. The second-order valence-electron chi connectivity index (χ2n) is 9.45. The monoisotopic (exact) mass is 506 g/mol. The summed E-state index contributed by atoms with van der Waals surface area (Å²) in [5.41, 5.74) is 2.93. The maximum atomic E-state index is 13.6. The van der Waals surface area contributed by atoms with Gasteiger partial charge < -0.3 is 9.64 Å². The van der Waals surface area contributed by atoms with Gasteiger partial charge in [0.1, 0.15) is 11.8 Å². The van der Waals surface area contributed by atoms with Crippen molar-refractivity contribution in [1.82, 2.24) is 9.62 Å². The minimum Gasteiger partial charge on any atom is -0.496 e. The van der Waals surface area contributed by atoms with E-state index in [-0.39, 0.29) is 17.2 Å². The minimum atomic E-state index is -3.92. The van der Waals surface area contributed by atoms with Crippen LogP contribution in [0.2, 0.25) is 0 Å².